The fourth-order valence-corrected chi connectivity index (χ4v) is 1.43. The Morgan fingerprint density at radius 2 is 2.29 bits per heavy atom. The number of carbonyl (C=O) groups excluding carboxylic acids is 1. The molecule has 17 heavy (non-hydrogen) atoms. The molecule has 0 aliphatic carbocycles. The highest BCUT2D eigenvalue weighted by molar-refractivity contribution is 9.10. The van der Waals surface area contributed by atoms with Crippen LogP contribution in [0.4, 0.5) is 11.5 Å². The maximum Gasteiger partial charge on any atom is 0.328 e. The van der Waals surface area contributed by atoms with Gasteiger partial charge in [0.25, 0.3) is 0 Å². The van der Waals surface area contributed by atoms with Crippen molar-refractivity contribution < 1.29 is 14.5 Å². The summed E-state index contributed by atoms with van der Waals surface area (Å²) in [5, 5.41) is 13.4. The van der Waals surface area contributed by atoms with Gasteiger partial charge >= 0.3 is 11.7 Å². The van der Waals surface area contributed by atoms with Crippen LogP contribution in [0.2, 0.25) is 0 Å². The first kappa shape index (κ1) is 13.4. The topological polar surface area (TPSA) is 94.4 Å². The lowest BCUT2D eigenvalue weighted by Crippen LogP contribution is -2.28. The highest BCUT2D eigenvalue weighted by Crippen LogP contribution is 2.24. The van der Waals surface area contributed by atoms with Crippen molar-refractivity contribution in [3.05, 3.63) is 26.9 Å². The molecule has 0 bridgehead atoms. The number of nitro groups is 1. The van der Waals surface area contributed by atoms with Gasteiger partial charge in [0.1, 0.15) is 10.6 Å². The summed E-state index contributed by atoms with van der Waals surface area (Å²) in [6.07, 6.45) is 0. The normalized spacial score (nSPS) is 11.7. The molecule has 1 N–H and O–H groups in total. The molecule has 8 heteroatoms. The number of ether oxygens (including phenoxy) is 1. The predicted molar refractivity (Wildman–Crippen MR) is 63.7 cm³/mol. The molecule has 0 aromatic carbocycles. The van der Waals surface area contributed by atoms with Crippen molar-refractivity contribution in [2.24, 2.45) is 0 Å². The fraction of sp³-hybridized carbons (Fsp3) is 0.333. The van der Waals surface area contributed by atoms with E-state index in [9.17, 15) is 14.9 Å². The quantitative estimate of drug-likeness (QED) is 0.394. The van der Waals surface area contributed by atoms with Crippen LogP contribution in [-0.4, -0.2) is 29.0 Å². The molecule has 0 saturated heterocycles. The number of rotatable bonds is 4. The zero-order valence-corrected chi connectivity index (χ0v) is 10.7. The van der Waals surface area contributed by atoms with Crippen molar-refractivity contribution in [2.75, 3.05) is 12.4 Å². The molecule has 1 aromatic heterocycles. The Kier molecular flexibility index (Phi) is 4.38. The summed E-state index contributed by atoms with van der Waals surface area (Å²) >= 11 is 3.10. The summed E-state index contributed by atoms with van der Waals surface area (Å²) in [6.45, 7) is 1.53. The molecule has 7 nitrogen and oxygen atoms in total. The molecule has 1 heterocycles. The van der Waals surface area contributed by atoms with Gasteiger partial charge in [0.05, 0.1) is 12.0 Å². The molecule has 0 aliphatic heterocycles. The van der Waals surface area contributed by atoms with E-state index in [-0.39, 0.29) is 11.5 Å². The van der Waals surface area contributed by atoms with Gasteiger partial charge in [0.2, 0.25) is 5.82 Å². The summed E-state index contributed by atoms with van der Waals surface area (Å²) in [5.74, 6) is -0.511. The van der Waals surface area contributed by atoms with Crippen molar-refractivity contribution in [3.63, 3.8) is 0 Å². The van der Waals surface area contributed by atoms with Crippen LogP contribution in [0.1, 0.15) is 6.92 Å². The third-order valence-electron chi connectivity index (χ3n) is 1.94. The summed E-state index contributed by atoms with van der Waals surface area (Å²) in [5.41, 5.74) is -0.205. The molecule has 92 valence electrons. The minimum Gasteiger partial charge on any atom is -0.467 e. The summed E-state index contributed by atoms with van der Waals surface area (Å²) in [6, 6.07) is 2.02. The lowest BCUT2D eigenvalue weighted by Gasteiger charge is -2.12. The van der Waals surface area contributed by atoms with E-state index in [0.29, 0.717) is 4.60 Å². The molecule has 0 radical (unpaired) electrons. The van der Waals surface area contributed by atoms with Crippen molar-refractivity contribution in [1.82, 2.24) is 4.98 Å². The average molecular weight is 304 g/mol. The van der Waals surface area contributed by atoms with Crippen LogP contribution in [0, 0.1) is 10.1 Å². The van der Waals surface area contributed by atoms with Crippen LogP contribution in [0.15, 0.2) is 16.7 Å². The highest BCUT2D eigenvalue weighted by atomic mass is 79.9. The average Bonchev–Trinajstić information content (AvgIpc) is 2.27. The van der Waals surface area contributed by atoms with Crippen LogP contribution in [0.25, 0.3) is 0 Å². The molecule has 0 amide bonds. The fourth-order valence-electron chi connectivity index (χ4n) is 1.12. The molecule has 0 aliphatic rings. The van der Waals surface area contributed by atoms with E-state index in [2.05, 4.69) is 31.0 Å². The second-order valence-electron chi connectivity index (χ2n) is 3.15. The summed E-state index contributed by atoms with van der Waals surface area (Å²) in [4.78, 5) is 25.3. The van der Waals surface area contributed by atoms with Crippen LogP contribution < -0.4 is 5.32 Å². The Balaban J connectivity index is 3.00. The zero-order chi connectivity index (χ0) is 13.0. The van der Waals surface area contributed by atoms with E-state index < -0.39 is 16.9 Å². The Morgan fingerprint density at radius 3 is 2.82 bits per heavy atom. The predicted octanol–water partition coefficient (Wildman–Crippen LogP) is 1.73. The van der Waals surface area contributed by atoms with Crippen LogP contribution >= 0.6 is 15.9 Å². The second-order valence-corrected chi connectivity index (χ2v) is 3.96. The first-order valence-electron chi connectivity index (χ1n) is 4.61. The number of hydrogen-bond acceptors (Lipinski definition) is 6. The molecular formula is C9H10BrN3O4. The SMILES string of the molecule is COC(=O)[C@@H](C)Nc1nc(Br)ccc1[N+](=O)[O-]. The number of nitrogens with one attached hydrogen (secondary N) is 1. The minimum absolute atomic E-state index is 0.0160. The van der Waals surface area contributed by atoms with Crippen LogP contribution in [0.5, 0.6) is 0 Å². The smallest absolute Gasteiger partial charge is 0.328 e. The van der Waals surface area contributed by atoms with Gasteiger partial charge in [0.15, 0.2) is 0 Å². The monoisotopic (exact) mass is 303 g/mol. The van der Waals surface area contributed by atoms with E-state index in [1.807, 2.05) is 0 Å². The van der Waals surface area contributed by atoms with Crippen molar-refractivity contribution in [3.8, 4) is 0 Å². The molecule has 0 saturated carbocycles. The van der Waals surface area contributed by atoms with E-state index in [4.69, 9.17) is 0 Å². The molecule has 1 aromatic rings. The van der Waals surface area contributed by atoms with Crippen LogP contribution in [-0.2, 0) is 9.53 Å². The molecular weight excluding hydrogens is 294 g/mol. The zero-order valence-electron chi connectivity index (χ0n) is 9.14. The lowest BCUT2D eigenvalue weighted by molar-refractivity contribution is -0.384. The number of pyridine rings is 1. The Labute approximate surface area is 105 Å². The minimum atomic E-state index is -0.722. The Morgan fingerprint density at radius 1 is 1.65 bits per heavy atom. The number of halogens is 1. The van der Waals surface area contributed by atoms with Gasteiger partial charge in [-0.05, 0) is 28.9 Å². The lowest BCUT2D eigenvalue weighted by atomic mass is 10.3. The third kappa shape index (κ3) is 3.38. The van der Waals surface area contributed by atoms with E-state index >= 15 is 0 Å². The van der Waals surface area contributed by atoms with Crippen LogP contribution in [0.3, 0.4) is 0 Å². The van der Waals surface area contributed by atoms with E-state index in [1.165, 1.54) is 26.2 Å². The molecule has 1 atom stereocenters. The van der Waals surface area contributed by atoms with Gasteiger partial charge in [0, 0.05) is 6.07 Å². The largest absolute Gasteiger partial charge is 0.467 e. The number of methoxy groups -OCH3 is 1. The van der Waals surface area contributed by atoms with Gasteiger partial charge in [-0.3, -0.25) is 10.1 Å². The number of anilines is 1. The van der Waals surface area contributed by atoms with Gasteiger partial charge in [-0.2, -0.15) is 0 Å². The maximum atomic E-state index is 11.2. The van der Waals surface area contributed by atoms with Gasteiger partial charge in [-0.1, -0.05) is 0 Å². The first-order chi connectivity index (χ1) is 7.95. The Bertz CT molecular complexity index is 452. The Hall–Kier alpha value is -1.70. The highest BCUT2D eigenvalue weighted by Gasteiger charge is 2.20. The number of aromatic nitrogens is 1. The van der Waals surface area contributed by atoms with Gasteiger partial charge < -0.3 is 10.1 Å². The standard InChI is InChI=1S/C9H10BrN3O4/c1-5(9(14)17-2)11-8-6(13(15)16)3-4-7(10)12-8/h3-5H,1-2H3,(H,11,12)/t5-/m1/s1. The van der Waals surface area contributed by atoms with Gasteiger partial charge in [-0.15, -0.1) is 0 Å². The third-order valence-corrected chi connectivity index (χ3v) is 2.39. The first-order valence-corrected chi connectivity index (χ1v) is 5.40. The van der Waals surface area contributed by atoms with Crippen molar-refractivity contribution in [2.45, 2.75) is 13.0 Å². The maximum absolute atomic E-state index is 11.2. The number of hydrogen-bond donors (Lipinski definition) is 1. The number of esters is 1. The number of carbonyl (C=O) groups is 1. The second kappa shape index (κ2) is 5.58. The van der Waals surface area contributed by atoms with Crippen molar-refractivity contribution >= 4 is 33.4 Å². The molecule has 0 unspecified atom stereocenters. The van der Waals surface area contributed by atoms with E-state index in [1.54, 1.807) is 0 Å². The summed E-state index contributed by atoms with van der Waals surface area (Å²) < 4.78 is 4.94. The summed E-state index contributed by atoms with van der Waals surface area (Å²) in [7, 11) is 1.24. The number of nitrogens with zero attached hydrogens (tertiary/aromatic N) is 2. The van der Waals surface area contributed by atoms with Gasteiger partial charge in [-0.25, -0.2) is 9.78 Å². The van der Waals surface area contributed by atoms with E-state index in [0.717, 1.165) is 0 Å². The molecule has 1 rings (SSSR count). The molecule has 0 spiro atoms. The molecule has 0 fully saturated rings. The van der Waals surface area contributed by atoms with Crippen molar-refractivity contribution in [1.29, 1.82) is 0 Å².